The molecule has 0 unspecified atom stereocenters. The zero-order valence-corrected chi connectivity index (χ0v) is 17.9. The molecule has 1 heterocycles. The number of carbonyl (C=O) groups is 2. The van der Waals surface area contributed by atoms with E-state index in [9.17, 15) is 9.59 Å². The van der Waals surface area contributed by atoms with Crippen LogP contribution in [0.3, 0.4) is 0 Å². The molecule has 162 valence electrons. The Labute approximate surface area is 186 Å². The summed E-state index contributed by atoms with van der Waals surface area (Å²) in [5.74, 6) is -0.611. The van der Waals surface area contributed by atoms with Gasteiger partial charge in [-0.1, -0.05) is 78.4 Å². The molecule has 2 N–H and O–H groups in total. The predicted molar refractivity (Wildman–Crippen MR) is 122 cm³/mol. The normalized spacial score (nSPS) is 12.7. The van der Waals surface area contributed by atoms with E-state index in [4.69, 9.17) is 9.47 Å². The average Bonchev–Trinajstić information content (AvgIpc) is 3.26. The summed E-state index contributed by atoms with van der Waals surface area (Å²) in [5.41, 5.74) is 2.22. The lowest BCUT2D eigenvalue weighted by Gasteiger charge is -2.32. The first kappa shape index (κ1) is 21.2. The fourth-order valence-corrected chi connectivity index (χ4v) is 3.79. The number of aryl methyl sites for hydroxylation is 1. The van der Waals surface area contributed by atoms with Crippen molar-refractivity contribution in [2.75, 3.05) is 7.11 Å². The van der Waals surface area contributed by atoms with Gasteiger partial charge in [0, 0.05) is 22.7 Å². The van der Waals surface area contributed by atoms with Gasteiger partial charge < -0.3 is 14.5 Å². The number of para-hydroxylation sites is 1. The average molecular weight is 428 g/mol. The van der Waals surface area contributed by atoms with E-state index >= 15 is 0 Å². The predicted octanol–water partition coefficient (Wildman–Crippen LogP) is 4.82. The van der Waals surface area contributed by atoms with Gasteiger partial charge in [0.1, 0.15) is 6.61 Å². The van der Waals surface area contributed by atoms with E-state index in [0.717, 1.165) is 22.0 Å². The highest BCUT2D eigenvalue weighted by Crippen LogP contribution is 2.36. The number of ether oxygens (including phenoxy) is 2. The maximum atomic E-state index is 13.8. The molecule has 6 nitrogen and oxygen atoms in total. The van der Waals surface area contributed by atoms with Crippen LogP contribution in [0.5, 0.6) is 0 Å². The number of esters is 1. The molecule has 1 atom stereocenters. The Hall–Kier alpha value is -4.06. The molecule has 0 bridgehead atoms. The van der Waals surface area contributed by atoms with Crippen LogP contribution in [0, 0.1) is 6.92 Å². The summed E-state index contributed by atoms with van der Waals surface area (Å²) in [7, 11) is 1.26. The van der Waals surface area contributed by atoms with E-state index in [0.29, 0.717) is 11.1 Å². The second-order valence-electron chi connectivity index (χ2n) is 7.54. The van der Waals surface area contributed by atoms with Crippen molar-refractivity contribution in [3.63, 3.8) is 0 Å². The van der Waals surface area contributed by atoms with E-state index in [1.807, 2.05) is 85.8 Å². The molecule has 0 spiro atoms. The van der Waals surface area contributed by atoms with Crippen molar-refractivity contribution >= 4 is 23.0 Å². The van der Waals surface area contributed by atoms with Gasteiger partial charge in [0.15, 0.2) is 5.54 Å². The number of H-pyrrole nitrogens is 1. The van der Waals surface area contributed by atoms with Gasteiger partial charge in [0.2, 0.25) is 0 Å². The molecule has 6 heteroatoms. The first-order valence-corrected chi connectivity index (χ1v) is 10.3. The Morgan fingerprint density at radius 2 is 1.62 bits per heavy atom. The number of fused-ring (bicyclic) bond motifs is 1. The summed E-state index contributed by atoms with van der Waals surface area (Å²) in [6.45, 7) is 2.02. The van der Waals surface area contributed by atoms with Gasteiger partial charge >= 0.3 is 12.1 Å². The van der Waals surface area contributed by atoms with Crippen LogP contribution < -0.4 is 5.32 Å². The lowest BCUT2D eigenvalue weighted by Crippen LogP contribution is -2.53. The number of rotatable bonds is 6. The van der Waals surface area contributed by atoms with Crippen LogP contribution in [0.25, 0.3) is 10.9 Å². The molecule has 0 aliphatic carbocycles. The van der Waals surface area contributed by atoms with Gasteiger partial charge in [-0.3, -0.25) is 5.32 Å². The SMILES string of the molecule is COC(=O)N[C@@](C(=O)OCc1ccccc1)(c1ccc(C)cc1)c1c[nH]c2ccccc12. The summed E-state index contributed by atoms with van der Waals surface area (Å²) in [6.07, 6.45) is 0.983. The van der Waals surface area contributed by atoms with E-state index in [-0.39, 0.29) is 6.61 Å². The van der Waals surface area contributed by atoms with Gasteiger partial charge in [-0.25, -0.2) is 9.59 Å². The highest BCUT2D eigenvalue weighted by Gasteiger charge is 2.47. The van der Waals surface area contributed by atoms with Gasteiger partial charge in [-0.05, 0) is 24.1 Å². The number of aromatic nitrogens is 1. The highest BCUT2D eigenvalue weighted by molar-refractivity contribution is 5.97. The third kappa shape index (κ3) is 3.95. The number of hydrogen-bond acceptors (Lipinski definition) is 4. The number of amides is 1. The van der Waals surface area contributed by atoms with Gasteiger partial charge in [-0.15, -0.1) is 0 Å². The molecule has 0 aliphatic heterocycles. The Morgan fingerprint density at radius 1 is 0.938 bits per heavy atom. The van der Waals surface area contributed by atoms with Crippen LogP contribution in [-0.4, -0.2) is 24.2 Å². The number of carbonyl (C=O) groups excluding carboxylic acids is 2. The highest BCUT2D eigenvalue weighted by atomic mass is 16.5. The molecule has 3 aromatic carbocycles. The van der Waals surface area contributed by atoms with Crippen molar-refractivity contribution in [3.8, 4) is 0 Å². The van der Waals surface area contributed by atoms with Gasteiger partial charge in [-0.2, -0.15) is 0 Å². The van der Waals surface area contributed by atoms with Crippen molar-refractivity contribution in [2.45, 2.75) is 19.1 Å². The first-order valence-electron chi connectivity index (χ1n) is 10.3. The summed E-state index contributed by atoms with van der Waals surface area (Å²) >= 11 is 0. The molecule has 0 saturated heterocycles. The summed E-state index contributed by atoms with van der Waals surface area (Å²) in [5, 5.41) is 3.58. The molecule has 1 amide bonds. The molecular weight excluding hydrogens is 404 g/mol. The topological polar surface area (TPSA) is 80.4 Å². The Balaban J connectivity index is 1.88. The molecule has 0 radical (unpaired) electrons. The Bertz CT molecular complexity index is 1230. The zero-order chi connectivity index (χ0) is 22.6. The minimum atomic E-state index is -1.62. The van der Waals surface area contributed by atoms with Crippen molar-refractivity contribution in [2.24, 2.45) is 0 Å². The second kappa shape index (κ2) is 8.98. The fourth-order valence-electron chi connectivity index (χ4n) is 3.79. The first-order chi connectivity index (χ1) is 15.5. The van der Waals surface area contributed by atoms with Crippen molar-refractivity contribution in [1.29, 1.82) is 0 Å². The number of benzene rings is 3. The quantitative estimate of drug-likeness (QED) is 0.432. The zero-order valence-electron chi connectivity index (χ0n) is 17.9. The Kier molecular flexibility index (Phi) is 5.94. The number of alkyl carbamates (subject to hydrolysis) is 1. The van der Waals surface area contributed by atoms with Crippen LogP contribution in [0.15, 0.2) is 85.1 Å². The largest absolute Gasteiger partial charge is 0.459 e. The molecule has 1 aromatic heterocycles. The summed E-state index contributed by atoms with van der Waals surface area (Å²) in [4.78, 5) is 29.5. The molecule has 0 fully saturated rings. The third-order valence-electron chi connectivity index (χ3n) is 5.47. The lowest BCUT2D eigenvalue weighted by molar-refractivity contribution is -0.151. The summed E-state index contributed by atoms with van der Waals surface area (Å²) in [6, 6.07) is 24.4. The number of hydrogen-bond donors (Lipinski definition) is 2. The van der Waals surface area contributed by atoms with E-state index in [2.05, 4.69) is 10.3 Å². The van der Waals surface area contributed by atoms with Crippen molar-refractivity contribution < 1.29 is 19.1 Å². The van der Waals surface area contributed by atoms with Gasteiger partial charge in [0.05, 0.1) is 7.11 Å². The van der Waals surface area contributed by atoms with Crippen molar-refractivity contribution in [1.82, 2.24) is 10.3 Å². The molecule has 0 aliphatic rings. The van der Waals surface area contributed by atoms with Gasteiger partial charge in [0.25, 0.3) is 0 Å². The lowest BCUT2D eigenvalue weighted by atomic mass is 9.82. The fraction of sp³-hybridized carbons (Fsp3) is 0.154. The molecule has 32 heavy (non-hydrogen) atoms. The number of nitrogens with one attached hydrogen (secondary N) is 2. The van der Waals surface area contributed by atoms with Crippen LogP contribution in [-0.2, 0) is 26.4 Å². The minimum absolute atomic E-state index is 0.0679. The smallest absolute Gasteiger partial charge is 0.408 e. The third-order valence-corrected chi connectivity index (χ3v) is 5.47. The Morgan fingerprint density at radius 3 is 2.34 bits per heavy atom. The van der Waals surface area contributed by atoms with Crippen LogP contribution in [0.4, 0.5) is 4.79 Å². The van der Waals surface area contributed by atoms with Crippen molar-refractivity contribution in [3.05, 3.63) is 107 Å². The standard InChI is InChI=1S/C26H24N2O4/c1-18-12-14-20(15-13-18)26(28-25(30)31-2,22-16-27-23-11-7-6-10-21(22)23)24(29)32-17-19-8-4-3-5-9-19/h3-16,27H,17H2,1-2H3,(H,28,30)/t26-/m0/s1. The monoisotopic (exact) mass is 428 g/mol. The molecule has 4 aromatic rings. The number of methoxy groups -OCH3 is 1. The maximum Gasteiger partial charge on any atom is 0.408 e. The minimum Gasteiger partial charge on any atom is -0.459 e. The van der Waals surface area contributed by atoms with Crippen LogP contribution >= 0.6 is 0 Å². The van der Waals surface area contributed by atoms with E-state index in [1.165, 1.54) is 7.11 Å². The maximum absolute atomic E-state index is 13.8. The second-order valence-corrected chi connectivity index (χ2v) is 7.54. The van der Waals surface area contributed by atoms with Crippen LogP contribution in [0.1, 0.15) is 22.3 Å². The molecular formula is C26H24N2O4. The van der Waals surface area contributed by atoms with E-state index in [1.54, 1.807) is 6.20 Å². The van der Waals surface area contributed by atoms with Crippen LogP contribution in [0.2, 0.25) is 0 Å². The summed E-state index contributed by atoms with van der Waals surface area (Å²) < 4.78 is 10.7. The molecule has 0 saturated carbocycles. The number of aromatic amines is 1. The molecule has 4 rings (SSSR count). The van der Waals surface area contributed by atoms with E-state index < -0.39 is 17.6 Å².